The number of nitrogens with two attached hydrogens (primary N) is 1. The molecule has 2 N–H and O–H groups in total. The lowest BCUT2D eigenvalue weighted by Crippen LogP contribution is -2.24. The molecule has 0 spiro atoms. The van der Waals surface area contributed by atoms with Crippen molar-refractivity contribution in [2.75, 3.05) is 13.6 Å². The van der Waals surface area contributed by atoms with E-state index >= 15 is 0 Å². The highest BCUT2D eigenvalue weighted by Crippen LogP contribution is 2.25. The van der Waals surface area contributed by atoms with Crippen LogP contribution in [0, 0.1) is 0 Å². The summed E-state index contributed by atoms with van der Waals surface area (Å²) >= 11 is 7.45. The molecule has 0 amide bonds. The van der Waals surface area contributed by atoms with Gasteiger partial charge in [-0.3, -0.25) is 4.90 Å². The van der Waals surface area contributed by atoms with E-state index in [9.17, 15) is 13.2 Å². The molecule has 3 aromatic rings. The molecule has 0 aliphatic rings. The van der Waals surface area contributed by atoms with Gasteiger partial charge in [0.05, 0.1) is 5.69 Å². The number of ether oxygens (including phenoxy) is 1. The Balaban J connectivity index is 1.78. The molecule has 172 valence electrons. The highest BCUT2D eigenvalue weighted by Gasteiger charge is 2.30. The molecular formula is C22H24ClF3N4OS. The molecule has 5 nitrogen and oxygen atoms in total. The van der Waals surface area contributed by atoms with Gasteiger partial charge in [-0.2, -0.15) is 0 Å². The summed E-state index contributed by atoms with van der Waals surface area (Å²) in [4.78, 5) is 7.58. The van der Waals surface area contributed by atoms with Crippen LogP contribution in [0.15, 0.2) is 58.9 Å². The summed E-state index contributed by atoms with van der Waals surface area (Å²) in [6.07, 6.45) is -3.93. The number of aromatic nitrogens is 1. The monoisotopic (exact) mass is 484 g/mol. The Morgan fingerprint density at radius 2 is 1.78 bits per heavy atom. The van der Waals surface area contributed by atoms with E-state index in [0.717, 1.165) is 29.0 Å². The minimum atomic E-state index is -4.72. The van der Waals surface area contributed by atoms with Gasteiger partial charge in [-0.25, -0.2) is 4.99 Å². The molecule has 0 unspecified atom stereocenters. The van der Waals surface area contributed by atoms with E-state index in [2.05, 4.69) is 24.6 Å². The first-order chi connectivity index (χ1) is 15.2. The second-order valence-electron chi connectivity index (χ2n) is 7.26. The first-order valence-corrected chi connectivity index (χ1v) is 11.2. The van der Waals surface area contributed by atoms with Gasteiger partial charge in [-0.1, -0.05) is 23.7 Å². The zero-order valence-electron chi connectivity index (χ0n) is 17.5. The number of thiazole rings is 1. The fraction of sp³-hybridized carbons (Fsp3) is 0.318. The van der Waals surface area contributed by atoms with Crippen LogP contribution in [0.5, 0.6) is 5.75 Å². The van der Waals surface area contributed by atoms with Crippen molar-refractivity contribution in [2.45, 2.75) is 32.4 Å². The SMILES string of the molecule is CN(Cc1ccc(Cl)cc1)Cc1cs/c(=N/c2ccc(OC(F)(F)F)cc2)n1CCCN. The smallest absolute Gasteiger partial charge is 0.406 e. The fourth-order valence-electron chi connectivity index (χ4n) is 3.14. The van der Waals surface area contributed by atoms with E-state index in [1.54, 1.807) is 0 Å². The van der Waals surface area contributed by atoms with Crippen LogP contribution in [0.25, 0.3) is 0 Å². The van der Waals surface area contributed by atoms with Crippen LogP contribution in [0.2, 0.25) is 5.02 Å². The standard InChI is InChI=1S/C22H24ClF3N4OS/c1-29(13-16-3-5-17(23)6-4-16)14-19-15-32-21(30(19)12-2-11-27)28-18-7-9-20(10-8-18)31-22(24,25)26/h3-10,15H,2,11-14,27H2,1H3/b28-21+. The van der Waals surface area contributed by atoms with E-state index in [4.69, 9.17) is 17.3 Å². The maximum atomic E-state index is 12.4. The lowest BCUT2D eigenvalue weighted by molar-refractivity contribution is -0.274. The normalized spacial score (nSPS) is 12.5. The molecule has 0 radical (unpaired) electrons. The third-order valence-electron chi connectivity index (χ3n) is 4.56. The van der Waals surface area contributed by atoms with E-state index in [1.165, 1.54) is 35.6 Å². The molecule has 0 atom stereocenters. The van der Waals surface area contributed by atoms with Gasteiger partial charge in [0, 0.05) is 35.7 Å². The maximum absolute atomic E-state index is 12.4. The molecule has 0 saturated heterocycles. The summed E-state index contributed by atoms with van der Waals surface area (Å²) < 4.78 is 43.1. The summed E-state index contributed by atoms with van der Waals surface area (Å²) in [6.45, 7) is 2.72. The average molecular weight is 485 g/mol. The first kappa shape index (κ1) is 24.3. The molecule has 0 bridgehead atoms. The van der Waals surface area contributed by atoms with Gasteiger partial charge in [0.1, 0.15) is 5.75 Å². The number of benzene rings is 2. The number of hydrogen-bond acceptors (Lipinski definition) is 5. The van der Waals surface area contributed by atoms with E-state index in [0.29, 0.717) is 30.3 Å². The highest BCUT2D eigenvalue weighted by molar-refractivity contribution is 7.07. The van der Waals surface area contributed by atoms with Crippen LogP contribution in [-0.2, 0) is 19.6 Å². The first-order valence-electron chi connectivity index (χ1n) is 9.94. The summed E-state index contributed by atoms with van der Waals surface area (Å²) in [5.41, 5.74) is 8.51. The Hall–Kier alpha value is -2.33. The summed E-state index contributed by atoms with van der Waals surface area (Å²) in [7, 11) is 2.04. The van der Waals surface area contributed by atoms with Crippen molar-refractivity contribution in [2.24, 2.45) is 10.7 Å². The Bertz CT molecular complexity index is 1060. The van der Waals surface area contributed by atoms with Gasteiger partial charge >= 0.3 is 6.36 Å². The van der Waals surface area contributed by atoms with Crippen molar-refractivity contribution < 1.29 is 17.9 Å². The summed E-state index contributed by atoms with van der Waals surface area (Å²) in [5.74, 6) is -0.275. The molecule has 3 rings (SSSR count). The van der Waals surface area contributed by atoms with Crippen molar-refractivity contribution in [1.82, 2.24) is 9.47 Å². The molecule has 0 aliphatic heterocycles. The predicted molar refractivity (Wildman–Crippen MR) is 121 cm³/mol. The zero-order valence-corrected chi connectivity index (χ0v) is 19.1. The van der Waals surface area contributed by atoms with E-state index in [-0.39, 0.29) is 5.75 Å². The van der Waals surface area contributed by atoms with Crippen LogP contribution in [-0.4, -0.2) is 29.4 Å². The van der Waals surface area contributed by atoms with Crippen molar-refractivity contribution in [3.8, 4) is 5.75 Å². The molecule has 1 aromatic heterocycles. The van der Waals surface area contributed by atoms with Gasteiger partial charge in [0.25, 0.3) is 0 Å². The number of nitrogens with zero attached hydrogens (tertiary/aromatic N) is 3. The number of alkyl halides is 3. The second kappa shape index (κ2) is 11.0. The molecule has 2 aromatic carbocycles. The lowest BCUT2D eigenvalue weighted by atomic mass is 10.2. The Morgan fingerprint density at radius 3 is 2.41 bits per heavy atom. The van der Waals surface area contributed by atoms with Gasteiger partial charge in [0.15, 0.2) is 4.80 Å². The Morgan fingerprint density at radius 1 is 1.09 bits per heavy atom. The fourth-order valence-corrected chi connectivity index (χ4v) is 4.20. The van der Waals surface area contributed by atoms with E-state index in [1.807, 2.05) is 31.3 Å². The quantitative estimate of drug-likeness (QED) is 0.447. The molecule has 0 aliphatic carbocycles. The predicted octanol–water partition coefficient (Wildman–Crippen LogP) is 5.31. The van der Waals surface area contributed by atoms with Crippen molar-refractivity contribution in [3.05, 3.63) is 75.0 Å². The highest BCUT2D eigenvalue weighted by atomic mass is 35.5. The van der Waals surface area contributed by atoms with E-state index < -0.39 is 6.36 Å². The molecule has 0 fully saturated rings. The van der Waals surface area contributed by atoms with Crippen LogP contribution >= 0.6 is 22.9 Å². The van der Waals surface area contributed by atoms with Gasteiger partial charge < -0.3 is 15.0 Å². The number of rotatable bonds is 9. The third-order valence-corrected chi connectivity index (χ3v) is 5.72. The van der Waals surface area contributed by atoms with Crippen LogP contribution in [0.4, 0.5) is 18.9 Å². The van der Waals surface area contributed by atoms with Gasteiger partial charge in [-0.05, 0) is 62.0 Å². The van der Waals surface area contributed by atoms with Gasteiger partial charge in [-0.15, -0.1) is 24.5 Å². The topological polar surface area (TPSA) is 55.8 Å². The lowest BCUT2D eigenvalue weighted by Gasteiger charge is -2.18. The number of halogens is 4. The molecular weight excluding hydrogens is 461 g/mol. The Labute approximate surface area is 193 Å². The summed E-state index contributed by atoms with van der Waals surface area (Å²) in [5, 5.41) is 2.76. The molecule has 32 heavy (non-hydrogen) atoms. The molecule has 1 heterocycles. The molecule has 0 saturated carbocycles. The largest absolute Gasteiger partial charge is 0.573 e. The van der Waals surface area contributed by atoms with Gasteiger partial charge in [0.2, 0.25) is 0 Å². The van der Waals surface area contributed by atoms with Crippen molar-refractivity contribution >= 4 is 28.6 Å². The summed E-state index contributed by atoms with van der Waals surface area (Å²) in [6, 6.07) is 13.3. The molecule has 10 heteroatoms. The van der Waals surface area contributed by atoms with Crippen molar-refractivity contribution in [1.29, 1.82) is 0 Å². The van der Waals surface area contributed by atoms with Crippen LogP contribution in [0.1, 0.15) is 17.7 Å². The van der Waals surface area contributed by atoms with Crippen LogP contribution < -0.4 is 15.3 Å². The Kier molecular flexibility index (Phi) is 8.36. The minimum Gasteiger partial charge on any atom is -0.406 e. The maximum Gasteiger partial charge on any atom is 0.573 e. The average Bonchev–Trinajstić information content (AvgIpc) is 3.09. The second-order valence-corrected chi connectivity index (χ2v) is 8.53. The van der Waals surface area contributed by atoms with Crippen molar-refractivity contribution in [3.63, 3.8) is 0 Å². The number of hydrogen-bond donors (Lipinski definition) is 1. The minimum absolute atomic E-state index is 0.275. The third kappa shape index (κ3) is 7.37. The van der Waals surface area contributed by atoms with Crippen LogP contribution in [0.3, 0.4) is 0 Å². The zero-order chi connectivity index (χ0) is 23.1.